The lowest BCUT2D eigenvalue weighted by Crippen LogP contribution is -2.19. The Labute approximate surface area is 162 Å². The highest BCUT2D eigenvalue weighted by Crippen LogP contribution is 2.30. The van der Waals surface area contributed by atoms with Gasteiger partial charge in [-0.1, -0.05) is 29.8 Å². The number of amidine groups is 1. The predicted octanol–water partition coefficient (Wildman–Crippen LogP) is 5.33. The van der Waals surface area contributed by atoms with E-state index in [1.807, 2.05) is 63.2 Å². The number of thioether (sulfide) groups is 1. The van der Waals surface area contributed by atoms with E-state index in [1.165, 1.54) is 11.8 Å². The first-order chi connectivity index (χ1) is 12.4. The number of hydrogen-bond donors (Lipinski definition) is 1. The Morgan fingerprint density at radius 3 is 2.62 bits per heavy atom. The van der Waals surface area contributed by atoms with Crippen molar-refractivity contribution in [2.45, 2.75) is 26.9 Å². The topological polar surface area (TPSA) is 50.7 Å². The van der Waals surface area contributed by atoms with Gasteiger partial charge in [-0.3, -0.25) is 4.79 Å². The fourth-order valence-electron chi connectivity index (χ4n) is 2.36. The number of nitrogens with one attached hydrogen (secondary N) is 1. The number of benzene rings is 2. The second-order valence-electron chi connectivity index (χ2n) is 6.15. The third-order valence-corrected chi connectivity index (χ3v) is 4.74. The molecule has 0 aliphatic carbocycles. The van der Waals surface area contributed by atoms with Crippen LogP contribution >= 0.6 is 23.4 Å². The van der Waals surface area contributed by atoms with Gasteiger partial charge in [0, 0.05) is 5.02 Å². The number of ether oxygens (including phenoxy) is 1. The number of aryl methyl sites for hydroxylation is 1. The molecule has 1 heterocycles. The molecular weight excluding hydrogens is 368 g/mol. The van der Waals surface area contributed by atoms with Crippen LogP contribution in [-0.2, 0) is 4.79 Å². The predicted molar refractivity (Wildman–Crippen MR) is 109 cm³/mol. The van der Waals surface area contributed by atoms with Gasteiger partial charge in [-0.25, -0.2) is 4.99 Å². The first kappa shape index (κ1) is 18.5. The van der Waals surface area contributed by atoms with E-state index in [0.29, 0.717) is 15.1 Å². The normalized spacial score (nSPS) is 17.2. The van der Waals surface area contributed by atoms with E-state index in [1.54, 1.807) is 6.07 Å². The molecule has 0 saturated carbocycles. The van der Waals surface area contributed by atoms with Gasteiger partial charge in [0.15, 0.2) is 5.17 Å². The van der Waals surface area contributed by atoms with Crippen molar-refractivity contribution in [2.75, 3.05) is 0 Å². The van der Waals surface area contributed by atoms with Crippen LogP contribution in [-0.4, -0.2) is 17.2 Å². The van der Waals surface area contributed by atoms with Crippen molar-refractivity contribution in [3.05, 3.63) is 63.5 Å². The number of rotatable bonds is 4. The van der Waals surface area contributed by atoms with E-state index >= 15 is 0 Å². The molecule has 6 heteroatoms. The standard InChI is InChI=1S/C20H19ClN2O2S/c1-12(2)25-16-8-5-14(6-9-16)10-18-19(24)23-20(26-18)22-17-11-15(21)7-4-13(17)3/h4-12H,1-3H3,(H,22,23,24)/b18-10-. The maximum Gasteiger partial charge on any atom is 0.264 e. The van der Waals surface area contributed by atoms with Gasteiger partial charge < -0.3 is 10.1 Å². The van der Waals surface area contributed by atoms with Gasteiger partial charge in [0.1, 0.15) is 5.75 Å². The third-order valence-electron chi connectivity index (χ3n) is 3.59. The van der Waals surface area contributed by atoms with E-state index in [-0.39, 0.29) is 12.0 Å². The number of carbonyl (C=O) groups excluding carboxylic acids is 1. The van der Waals surface area contributed by atoms with Gasteiger partial charge in [-0.2, -0.15) is 0 Å². The fraction of sp³-hybridized carbons (Fsp3) is 0.200. The van der Waals surface area contributed by atoms with E-state index in [2.05, 4.69) is 10.3 Å². The summed E-state index contributed by atoms with van der Waals surface area (Å²) < 4.78 is 5.63. The van der Waals surface area contributed by atoms with E-state index in [4.69, 9.17) is 16.3 Å². The summed E-state index contributed by atoms with van der Waals surface area (Å²) in [7, 11) is 0. The summed E-state index contributed by atoms with van der Waals surface area (Å²) in [5.74, 6) is 0.653. The first-order valence-electron chi connectivity index (χ1n) is 8.23. The fourth-order valence-corrected chi connectivity index (χ4v) is 3.36. The summed E-state index contributed by atoms with van der Waals surface area (Å²) in [5, 5.41) is 3.96. The Morgan fingerprint density at radius 1 is 1.19 bits per heavy atom. The summed E-state index contributed by atoms with van der Waals surface area (Å²) in [6.07, 6.45) is 1.97. The van der Waals surface area contributed by atoms with Gasteiger partial charge in [0.2, 0.25) is 0 Å². The molecule has 2 aromatic rings. The van der Waals surface area contributed by atoms with Crippen LogP contribution in [0.3, 0.4) is 0 Å². The second kappa shape index (κ2) is 7.98. The summed E-state index contributed by atoms with van der Waals surface area (Å²) in [6, 6.07) is 13.2. The molecule has 0 unspecified atom stereocenters. The van der Waals surface area contributed by atoms with Crippen molar-refractivity contribution in [2.24, 2.45) is 4.99 Å². The average molecular weight is 387 g/mol. The number of aliphatic imine (C=N–C) groups is 1. The highest BCUT2D eigenvalue weighted by atomic mass is 35.5. The summed E-state index contributed by atoms with van der Waals surface area (Å²) in [4.78, 5) is 17.3. The highest BCUT2D eigenvalue weighted by Gasteiger charge is 2.24. The smallest absolute Gasteiger partial charge is 0.264 e. The van der Waals surface area contributed by atoms with Gasteiger partial charge in [-0.05, 0) is 74.0 Å². The number of carbonyl (C=O) groups is 1. The molecule has 3 rings (SSSR count). The molecule has 4 nitrogen and oxygen atoms in total. The number of hydrogen-bond acceptors (Lipinski definition) is 4. The quantitative estimate of drug-likeness (QED) is 0.723. The molecule has 1 fully saturated rings. The average Bonchev–Trinajstić information content (AvgIpc) is 2.92. The van der Waals surface area contributed by atoms with E-state index in [0.717, 1.165) is 22.6 Å². The molecule has 134 valence electrons. The molecular formula is C20H19ClN2O2S. The molecule has 26 heavy (non-hydrogen) atoms. The first-order valence-corrected chi connectivity index (χ1v) is 9.42. The molecule has 1 aliphatic heterocycles. The zero-order valence-electron chi connectivity index (χ0n) is 14.7. The molecule has 1 N–H and O–H groups in total. The Bertz CT molecular complexity index is 889. The Hall–Kier alpha value is -2.24. The molecule has 1 saturated heterocycles. The monoisotopic (exact) mass is 386 g/mol. The van der Waals surface area contributed by atoms with Crippen LogP contribution in [0.1, 0.15) is 25.0 Å². The highest BCUT2D eigenvalue weighted by molar-refractivity contribution is 8.18. The molecule has 0 bridgehead atoms. The molecule has 2 aromatic carbocycles. The van der Waals surface area contributed by atoms with Crippen LogP contribution in [0.25, 0.3) is 6.08 Å². The molecule has 0 spiro atoms. The molecule has 1 amide bonds. The second-order valence-corrected chi connectivity index (χ2v) is 7.62. The van der Waals surface area contributed by atoms with Crippen LogP contribution < -0.4 is 10.1 Å². The molecule has 0 radical (unpaired) electrons. The number of nitrogens with zero attached hydrogens (tertiary/aromatic N) is 1. The van der Waals surface area contributed by atoms with Crippen molar-refractivity contribution in [3.63, 3.8) is 0 Å². The van der Waals surface area contributed by atoms with Crippen molar-refractivity contribution < 1.29 is 9.53 Å². The van der Waals surface area contributed by atoms with E-state index < -0.39 is 0 Å². The lowest BCUT2D eigenvalue weighted by molar-refractivity contribution is -0.115. The van der Waals surface area contributed by atoms with Crippen molar-refractivity contribution >= 4 is 46.2 Å². The molecule has 0 aromatic heterocycles. The Morgan fingerprint density at radius 2 is 1.92 bits per heavy atom. The van der Waals surface area contributed by atoms with E-state index in [9.17, 15) is 4.79 Å². The molecule has 0 atom stereocenters. The zero-order valence-corrected chi connectivity index (χ0v) is 16.3. The van der Waals surface area contributed by atoms with Gasteiger partial charge in [-0.15, -0.1) is 0 Å². The summed E-state index contributed by atoms with van der Waals surface area (Å²) >= 11 is 7.34. The lowest BCUT2D eigenvalue weighted by Gasteiger charge is -2.09. The van der Waals surface area contributed by atoms with Crippen LogP contribution in [0, 0.1) is 6.92 Å². The minimum Gasteiger partial charge on any atom is -0.491 e. The van der Waals surface area contributed by atoms with Crippen LogP contribution in [0.15, 0.2) is 52.4 Å². The SMILES string of the molecule is Cc1ccc(Cl)cc1N=C1NC(=O)/C(=C/c2ccc(OC(C)C)cc2)S1. The van der Waals surface area contributed by atoms with Crippen molar-refractivity contribution in [1.29, 1.82) is 0 Å². The maximum atomic E-state index is 12.2. The van der Waals surface area contributed by atoms with Crippen LogP contribution in [0.2, 0.25) is 5.02 Å². The summed E-state index contributed by atoms with van der Waals surface area (Å²) in [6.45, 7) is 5.92. The maximum absolute atomic E-state index is 12.2. The largest absolute Gasteiger partial charge is 0.491 e. The van der Waals surface area contributed by atoms with Crippen molar-refractivity contribution in [3.8, 4) is 5.75 Å². The van der Waals surface area contributed by atoms with Gasteiger partial charge >= 0.3 is 0 Å². The number of halogens is 1. The van der Waals surface area contributed by atoms with Gasteiger partial charge in [0.05, 0.1) is 16.7 Å². The van der Waals surface area contributed by atoms with Crippen LogP contribution in [0.5, 0.6) is 5.75 Å². The summed E-state index contributed by atoms with van der Waals surface area (Å²) in [5.41, 5.74) is 2.67. The Balaban J connectivity index is 1.78. The minimum absolute atomic E-state index is 0.129. The Kier molecular flexibility index (Phi) is 5.69. The van der Waals surface area contributed by atoms with Crippen LogP contribution in [0.4, 0.5) is 5.69 Å². The third kappa shape index (κ3) is 4.68. The minimum atomic E-state index is -0.157. The zero-order chi connectivity index (χ0) is 18.7. The van der Waals surface area contributed by atoms with Crippen molar-refractivity contribution in [1.82, 2.24) is 5.32 Å². The molecule has 1 aliphatic rings. The van der Waals surface area contributed by atoms with Gasteiger partial charge in [0.25, 0.3) is 5.91 Å². The lowest BCUT2D eigenvalue weighted by atomic mass is 10.2. The number of amides is 1.